The number of pyridine rings is 3. The van der Waals surface area contributed by atoms with Gasteiger partial charge in [0.05, 0.1) is 54.2 Å². The number of allylic oxidation sites excluding steroid dienone is 2. The Hall–Kier alpha value is -3.89. The van der Waals surface area contributed by atoms with Gasteiger partial charge in [-0.2, -0.15) is 0 Å². The molecule has 10 nitrogen and oxygen atoms in total. The molecule has 0 aliphatic carbocycles. The molecule has 0 aromatic carbocycles. The average Bonchev–Trinajstić information content (AvgIpc) is 2.89. The van der Waals surface area contributed by atoms with Gasteiger partial charge in [-0.15, -0.1) is 0 Å². The average molecular weight is 489 g/mol. The Morgan fingerprint density at radius 1 is 1.06 bits per heavy atom. The fourth-order valence-electron chi connectivity index (χ4n) is 3.97. The van der Waals surface area contributed by atoms with E-state index in [0.29, 0.717) is 12.5 Å². The van der Waals surface area contributed by atoms with Crippen molar-refractivity contribution in [3.05, 3.63) is 66.5 Å². The number of fused-ring (bicyclic) bond motifs is 1. The zero-order valence-electron chi connectivity index (χ0n) is 20.6. The molecule has 10 heteroatoms. The number of nitrogens with one attached hydrogen (secondary N) is 4. The minimum Gasteiger partial charge on any atom is -0.491 e. The molecule has 0 atom stereocenters. The van der Waals surface area contributed by atoms with Gasteiger partial charge < -0.3 is 25.5 Å². The highest BCUT2D eigenvalue weighted by Crippen LogP contribution is 2.23. The summed E-state index contributed by atoms with van der Waals surface area (Å²) in [5.74, 6) is 2.71. The summed E-state index contributed by atoms with van der Waals surface area (Å²) in [5, 5.41) is 6.69. The molecule has 0 bridgehead atoms. The smallest absolute Gasteiger partial charge is 0.139 e. The molecule has 4 N–H and O–H groups in total. The number of hydrogen-bond donors (Lipinski definition) is 4. The van der Waals surface area contributed by atoms with Gasteiger partial charge in [-0.05, 0) is 35.8 Å². The second kappa shape index (κ2) is 11.2. The van der Waals surface area contributed by atoms with Crippen molar-refractivity contribution in [2.24, 2.45) is 5.92 Å². The fourth-order valence-corrected chi connectivity index (χ4v) is 3.97. The van der Waals surface area contributed by atoms with E-state index in [-0.39, 0.29) is 0 Å². The maximum absolute atomic E-state index is 5.93. The van der Waals surface area contributed by atoms with Gasteiger partial charge in [0.25, 0.3) is 0 Å². The summed E-state index contributed by atoms with van der Waals surface area (Å²) >= 11 is 0. The topological polar surface area (TPSA) is 108 Å². The van der Waals surface area contributed by atoms with E-state index in [1.165, 1.54) is 5.57 Å². The van der Waals surface area contributed by atoms with Gasteiger partial charge >= 0.3 is 0 Å². The van der Waals surface area contributed by atoms with Gasteiger partial charge in [0.2, 0.25) is 0 Å². The van der Waals surface area contributed by atoms with Gasteiger partial charge in [-0.3, -0.25) is 20.3 Å². The summed E-state index contributed by atoms with van der Waals surface area (Å²) < 4.78 is 11.3. The lowest BCUT2D eigenvalue weighted by Gasteiger charge is -2.26. The summed E-state index contributed by atoms with van der Waals surface area (Å²) in [5.41, 5.74) is 10.6. The van der Waals surface area contributed by atoms with Crippen LogP contribution in [0.15, 0.2) is 66.5 Å². The molecule has 1 saturated heterocycles. The van der Waals surface area contributed by atoms with Gasteiger partial charge in [-0.1, -0.05) is 13.8 Å². The van der Waals surface area contributed by atoms with E-state index in [4.69, 9.17) is 14.5 Å². The molecule has 5 heterocycles. The van der Waals surface area contributed by atoms with Gasteiger partial charge in [0.15, 0.2) is 0 Å². The number of hydrazine groups is 1. The Labute approximate surface area is 210 Å². The van der Waals surface area contributed by atoms with Crippen LogP contribution in [0.5, 0.6) is 5.75 Å². The summed E-state index contributed by atoms with van der Waals surface area (Å²) in [7, 11) is 0. The molecule has 0 amide bonds. The Kier molecular flexibility index (Phi) is 7.44. The van der Waals surface area contributed by atoms with Gasteiger partial charge in [0.1, 0.15) is 24.0 Å². The number of nitrogens with zero attached hydrogens (tertiary/aromatic N) is 4. The van der Waals surface area contributed by atoms with E-state index < -0.39 is 0 Å². The third kappa shape index (κ3) is 6.21. The van der Waals surface area contributed by atoms with Crippen molar-refractivity contribution in [1.82, 2.24) is 30.7 Å². The molecule has 3 aromatic rings. The molecule has 36 heavy (non-hydrogen) atoms. The van der Waals surface area contributed by atoms with Crippen molar-refractivity contribution >= 4 is 28.2 Å². The van der Waals surface area contributed by atoms with Crippen LogP contribution in [0.1, 0.15) is 13.8 Å². The predicted molar refractivity (Wildman–Crippen MR) is 141 cm³/mol. The zero-order chi connectivity index (χ0) is 24.7. The summed E-state index contributed by atoms with van der Waals surface area (Å²) in [6, 6.07) is 7.78. The standard InChI is InChI=1S/C26H32N8O2/c1-18(2)19-11-26(33-29-14-19)32-25-4-3-23-24(31-25)13-21(16-28-23)30-20-12-22(17-27-15-20)36-10-7-34-5-8-35-9-6-34/h3-4,11-18,29-30,33H,5-10H2,1-2H3,(H,31,32). The molecular formula is C26H32N8O2. The Balaban J connectivity index is 1.23. The van der Waals surface area contributed by atoms with Crippen LogP contribution < -0.4 is 26.2 Å². The Morgan fingerprint density at radius 3 is 2.78 bits per heavy atom. The normalized spacial score (nSPS) is 16.1. The second-order valence-corrected chi connectivity index (χ2v) is 9.05. The molecule has 2 aliphatic heterocycles. The fraction of sp³-hybridized carbons (Fsp3) is 0.346. The molecule has 188 valence electrons. The molecule has 1 fully saturated rings. The Morgan fingerprint density at radius 2 is 1.92 bits per heavy atom. The van der Waals surface area contributed by atoms with Crippen molar-refractivity contribution in [2.45, 2.75) is 13.8 Å². The maximum atomic E-state index is 5.93. The third-order valence-electron chi connectivity index (χ3n) is 6.01. The van der Waals surface area contributed by atoms with E-state index in [1.54, 1.807) is 18.6 Å². The van der Waals surface area contributed by atoms with Gasteiger partial charge in [-0.25, -0.2) is 4.98 Å². The highest BCUT2D eigenvalue weighted by Gasteiger charge is 2.11. The molecule has 3 aromatic heterocycles. The van der Waals surface area contributed by atoms with Crippen molar-refractivity contribution in [1.29, 1.82) is 0 Å². The van der Waals surface area contributed by atoms with Crippen LogP contribution in [0.25, 0.3) is 11.0 Å². The van der Waals surface area contributed by atoms with E-state index in [1.807, 2.05) is 30.5 Å². The first-order chi connectivity index (χ1) is 17.6. The van der Waals surface area contributed by atoms with Crippen LogP contribution in [-0.4, -0.2) is 59.3 Å². The van der Waals surface area contributed by atoms with E-state index in [0.717, 1.165) is 72.6 Å². The number of anilines is 3. The molecular weight excluding hydrogens is 456 g/mol. The van der Waals surface area contributed by atoms with Crippen molar-refractivity contribution < 1.29 is 9.47 Å². The second-order valence-electron chi connectivity index (χ2n) is 9.05. The maximum Gasteiger partial charge on any atom is 0.139 e. The number of morpholine rings is 1. The first-order valence-electron chi connectivity index (χ1n) is 12.2. The number of ether oxygens (including phenoxy) is 2. The number of rotatable bonds is 9. The monoisotopic (exact) mass is 488 g/mol. The Bertz CT molecular complexity index is 1250. The summed E-state index contributed by atoms with van der Waals surface area (Å²) in [6.45, 7) is 9.27. The minimum absolute atomic E-state index is 0.418. The third-order valence-corrected chi connectivity index (χ3v) is 6.01. The lowest BCUT2D eigenvalue weighted by molar-refractivity contribution is 0.0322. The molecule has 5 rings (SSSR count). The van der Waals surface area contributed by atoms with Crippen LogP contribution in [0.3, 0.4) is 0 Å². The largest absolute Gasteiger partial charge is 0.491 e. The van der Waals surface area contributed by atoms with E-state index in [9.17, 15) is 0 Å². The van der Waals surface area contributed by atoms with Gasteiger partial charge in [0, 0.05) is 31.9 Å². The highest BCUT2D eigenvalue weighted by atomic mass is 16.5. The van der Waals surface area contributed by atoms with Crippen molar-refractivity contribution in [3.63, 3.8) is 0 Å². The van der Waals surface area contributed by atoms with Crippen molar-refractivity contribution in [3.8, 4) is 5.75 Å². The van der Waals surface area contributed by atoms with E-state index >= 15 is 0 Å². The van der Waals surface area contributed by atoms with Crippen LogP contribution in [0.2, 0.25) is 0 Å². The zero-order valence-corrected chi connectivity index (χ0v) is 20.6. The number of aromatic nitrogens is 3. The lowest BCUT2D eigenvalue weighted by Crippen LogP contribution is -2.38. The first kappa shape index (κ1) is 23.8. The van der Waals surface area contributed by atoms with Crippen LogP contribution in [-0.2, 0) is 4.74 Å². The summed E-state index contributed by atoms with van der Waals surface area (Å²) in [4.78, 5) is 16.0. The molecule has 0 radical (unpaired) electrons. The quantitative estimate of drug-likeness (QED) is 0.358. The molecule has 0 unspecified atom stereocenters. The molecule has 0 spiro atoms. The van der Waals surface area contributed by atoms with E-state index in [2.05, 4.69) is 56.3 Å². The number of hydrogen-bond acceptors (Lipinski definition) is 10. The minimum atomic E-state index is 0.418. The van der Waals surface area contributed by atoms with Crippen LogP contribution >= 0.6 is 0 Å². The highest BCUT2D eigenvalue weighted by molar-refractivity contribution is 5.80. The lowest BCUT2D eigenvalue weighted by atomic mass is 10.0. The summed E-state index contributed by atoms with van der Waals surface area (Å²) in [6.07, 6.45) is 9.32. The van der Waals surface area contributed by atoms with Crippen LogP contribution in [0.4, 0.5) is 17.2 Å². The molecule has 2 aliphatic rings. The van der Waals surface area contributed by atoms with Crippen LogP contribution in [0, 0.1) is 5.92 Å². The SMILES string of the molecule is CC(C)C1=CNNC(Nc2ccc3ncc(Nc4cncc(OCCN5CCOCC5)c4)cc3n2)=C1. The first-order valence-corrected chi connectivity index (χ1v) is 12.2. The van der Waals surface area contributed by atoms with Crippen molar-refractivity contribution in [2.75, 3.05) is 50.1 Å². The predicted octanol–water partition coefficient (Wildman–Crippen LogP) is 3.38. The molecule has 0 saturated carbocycles.